The topological polar surface area (TPSA) is 55.4 Å². The molecule has 0 aliphatic rings. The van der Waals surface area contributed by atoms with E-state index in [0.717, 1.165) is 146 Å². The summed E-state index contributed by atoms with van der Waals surface area (Å²) < 4.78 is 39.6. The van der Waals surface area contributed by atoms with Crippen LogP contribution < -0.4 is 28.4 Å². The van der Waals surface area contributed by atoms with E-state index in [4.69, 9.17) is 28.4 Å². The maximum atomic E-state index is 6.60. The van der Waals surface area contributed by atoms with E-state index in [-0.39, 0.29) is 0 Å². The normalized spacial score (nSPS) is 11.6. The van der Waals surface area contributed by atoms with E-state index in [9.17, 15) is 0 Å². The molecule has 0 fully saturated rings. The Labute approximate surface area is 767 Å². The minimum atomic E-state index is 0.722. The van der Waals surface area contributed by atoms with Gasteiger partial charge < -0.3 is 28.4 Å². The third-order valence-corrected chi connectivity index (χ3v) is 26.4. The van der Waals surface area contributed by atoms with Gasteiger partial charge in [0.05, 0.1) is 39.6 Å². The smallest absolute Gasteiger partial charge is 0.119 e. The second kappa shape index (κ2) is 61.3. The molecule has 0 amide bonds. The zero-order valence-corrected chi connectivity index (χ0v) is 80.2. The van der Waals surface area contributed by atoms with Crippen LogP contribution in [0.4, 0.5) is 0 Å². The Bertz CT molecular complexity index is 3720. The van der Waals surface area contributed by atoms with Crippen molar-refractivity contribution < 1.29 is 28.4 Å². The van der Waals surface area contributed by atoms with E-state index in [2.05, 4.69) is 224 Å². The molecule has 0 spiro atoms. The van der Waals surface area contributed by atoms with Crippen LogP contribution in [0.1, 0.15) is 388 Å². The number of ether oxygens (including phenoxy) is 6. The van der Waals surface area contributed by atoms with Crippen molar-refractivity contribution in [3.8, 4) is 101 Å². The molecule has 6 nitrogen and oxygen atoms in total. The lowest BCUT2D eigenvalue weighted by Gasteiger charge is -2.21. The first-order valence-corrected chi connectivity index (χ1v) is 52.3. The predicted molar refractivity (Wildman–Crippen MR) is 548 cm³/mol. The lowest BCUT2D eigenvalue weighted by atomic mass is 9.82. The molecule has 126 heavy (non-hydrogen) atoms. The highest BCUT2D eigenvalue weighted by molar-refractivity contribution is 6.29. The molecule has 0 N–H and O–H groups in total. The molecule has 0 saturated carbocycles. The monoisotopic (exact) mass is 1710 g/mol. The number of hydrogen-bond donors (Lipinski definition) is 0. The van der Waals surface area contributed by atoms with Crippen LogP contribution in [0.15, 0.2) is 182 Å². The Morgan fingerprint density at radius 1 is 0.127 bits per heavy atom. The van der Waals surface area contributed by atoms with Crippen LogP contribution in [0.2, 0.25) is 0 Å². The number of benzene rings is 10. The van der Waals surface area contributed by atoms with Crippen molar-refractivity contribution in [1.29, 1.82) is 0 Å². The van der Waals surface area contributed by atoms with Crippen molar-refractivity contribution in [2.75, 3.05) is 39.6 Å². The van der Waals surface area contributed by atoms with Gasteiger partial charge in [0.25, 0.3) is 0 Å². The maximum Gasteiger partial charge on any atom is 0.119 e. The standard InChI is InChI=1S/C120H168O6/c1-7-13-19-25-31-37-43-49-55-85-121-103-73-61-97(62-74-103)109-91-115-116(92-110(109)98-63-75-104(76-64-98)122-86-56-50-44-38-32-26-20-14-8-2)118-94-112(100-67-79-106(80-68-100)124-88-58-52-46-40-34-28-22-16-10-4)114(102-71-83-108(84-72-102)126-90-60-54-48-42-36-30-24-18-12-6)96-120(118)119-95-113(101-69-81-107(82-70-101)125-89-59-53-47-41-35-29-23-17-11-5)111(93-117(115)119)99-65-77-105(78-66-99)123-87-57-51-45-39-33-27-21-15-9-3/h61-84,91-96H,7-60,85-90H2,1-6H3. The number of unbranched alkanes of at least 4 members (excludes halogenated alkanes) is 48. The Morgan fingerprint density at radius 2 is 0.230 bits per heavy atom. The molecule has 0 saturated heterocycles. The summed E-state index contributed by atoms with van der Waals surface area (Å²) in [6.07, 6.45) is 69.4. The Balaban J connectivity index is 1.10. The third kappa shape index (κ3) is 35.3. The SMILES string of the molecule is CCCCCCCCCCCOc1ccc(-c2cc3c4cc(-c5ccc(OCCCCCCCCCCC)cc5)c(-c5ccc(OCCCCCCCCCCC)cc5)cc4c4cc(-c5ccc(OCCCCCCCCCCC)cc5)c(-c5ccc(OCCCCCCCCCCC)cc5)cc4c3cc2-c2ccc(OCCCCCCCCCCC)cc2)cc1. The summed E-state index contributed by atoms with van der Waals surface area (Å²) in [5.74, 6) is 5.49. The summed E-state index contributed by atoms with van der Waals surface area (Å²) in [6.45, 7) is 18.1. The van der Waals surface area contributed by atoms with E-state index < -0.39 is 0 Å². The van der Waals surface area contributed by atoms with Crippen molar-refractivity contribution in [1.82, 2.24) is 0 Å². The van der Waals surface area contributed by atoms with Crippen molar-refractivity contribution in [2.24, 2.45) is 0 Å². The van der Waals surface area contributed by atoms with Crippen LogP contribution >= 0.6 is 0 Å². The van der Waals surface area contributed by atoms with E-state index in [1.807, 2.05) is 0 Å². The van der Waals surface area contributed by atoms with Crippen molar-refractivity contribution in [2.45, 2.75) is 388 Å². The second-order valence-corrected chi connectivity index (χ2v) is 37.0. The summed E-state index contributed by atoms with van der Waals surface area (Å²) >= 11 is 0. The van der Waals surface area contributed by atoms with Gasteiger partial charge in [-0.15, -0.1) is 0 Å². The minimum absolute atomic E-state index is 0.722. The Hall–Kier alpha value is -8.22. The quantitative estimate of drug-likeness (QED) is 0.0280. The summed E-state index contributed by atoms with van der Waals surface area (Å²) in [5.41, 5.74) is 13.9. The second-order valence-electron chi connectivity index (χ2n) is 37.0. The molecular formula is C120H168O6. The average Bonchev–Trinajstić information content (AvgIpc) is 0.712. The van der Waals surface area contributed by atoms with Crippen LogP contribution in [0.3, 0.4) is 0 Å². The number of rotatable bonds is 72. The van der Waals surface area contributed by atoms with Gasteiger partial charge >= 0.3 is 0 Å². The van der Waals surface area contributed by atoms with Gasteiger partial charge in [-0.1, -0.05) is 423 Å². The van der Waals surface area contributed by atoms with E-state index >= 15 is 0 Å². The lowest BCUT2D eigenvalue weighted by Crippen LogP contribution is -1.98. The molecule has 0 aromatic heterocycles. The lowest BCUT2D eigenvalue weighted by molar-refractivity contribution is 0.304. The van der Waals surface area contributed by atoms with Gasteiger partial charge in [-0.2, -0.15) is 0 Å². The van der Waals surface area contributed by atoms with E-state index in [0.29, 0.717) is 0 Å². The summed E-state index contributed by atoms with van der Waals surface area (Å²) in [6, 6.07) is 69.3. The van der Waals surface area contributed by atoms with Gasteiger partial charge in [0.2, 0.25) is 0 Å². The molecule has 0 heterocycles. The molecule has 10 aromatic rings. The van der Waals surface area contributed by atoms with Crippen molar-refractivity contribution in [3.63, 3.8) is 0 Å². The first-order chi connectivity index (χ1) is 62.4. The third-order valence-electron chi connectivity index (χ3n) is 26.4. The van der Waals surface area contributed by atoms with Gasteiger partial charge in [0.1, 0.15) is 34.5 Å². The van der Waals surface area contributed by atoms with Gasteiger partial charge in [-0.05, 0) is 247 Å². The number of fused-ring (bicyclic) bond motifs is 6. The predicted octanol–water partition coefficient (Wildman–Crippen LogP) is 38.6. The highest BCUT2D eigenvalue weighted by atomic mass is 16.5. The van der Waals surface area contributed by atoms with E-state index in [1.54, 1.807) is 0 Å². The zero-order chi connectivity index (χ0) is 87.7. The molecular weight excluding hydrogens is 1540 g/mol. The first-order valence-electron chi connectivity index (χ1n) is 52.3. The Kier molecular flexibility index (Phi) is 48.6. The van der Waals surface area contributed by atoms with Crippen molar-refractivity contribution >= 4 is 32.3 Å². The molecule has 10 rings (SSSR count). The van der Waals surface area contributed by atoms with Crippen LogP contribution in [-0.4, -0.2) is 39.6 Å². The van der Waals surface area contributed by atoms with Crippen LogP contribution in [-0.2, 0) is 0 Å². The molecule has 0 unspecified atom stereocenters. The van der Waals surface area contributed by atoms with Gasteiger partial charge in [0, 0.05) is 0 Å². The summed E-state index contributed by atoms with van der Waals surface area (Å²) in [7, 11) is 0. The zero-order valence-electron chi connectivity index (χ0n) is 80.2. The molecule has 0 bridgehead atoms. The largest absolute Gasteiger partial charge is 0.494 e. The molecule has 10 aromatic carbocycles. The highest BCUT2D eigenvalue weighted by Gasteiger charge is 2.23. The molecule has 0 atom stereocenters. The minimum Gasteiger partial charge on any atom is -0.494 e. The maximum absolute atomic E-state index is 6.60. The van der Waals surface area contributed by atoms with Crippen LogP contribution in [0.5, 0.6) is 34.5 Å². The molecule has 0 aliphatic heterocycles. The van der Waals surface area contributed by atoms with Crippen LogP contribution in [0, 0.1) is 0 Å². The van der Waals surface area contributed by atoms with Gasteiger partial charge in [-0.3, -0.25) is 0 Å². The van der Waals surface area contributed by atoms with Gasteiger partial charge in [-0.25, -0.2) is 0 Å². The van der Waals surface area contributed by atoms with E-state index in [1.165, 1.54) is 374 Å². The molecule has 0 aliphatic carbocycles. The fourth-order valence-corrected chi connectivity index (χ4v) is 18.6. The van der Waals surface area contributed by atoms with Gasteiger partial charge in [0.15, 0.2) is 0 Å². The summed E-state index contributed by atoms with van der Waals surface area (Å²) in [5, 5.41) is 7.19. The highest BCUT2D eigenvalue weighted by Crippen LogP contribution is 2.49. The summed E-state index contributed by atoms with van der Waals surface area (Å²) in [4.78, 5) is 0. The molecule has 6 heteroatoms. The van der Waals surface area contributed by atoms with Crippen LogP contribution in [0.25, 0.3) is 99.1 Å². The van der Waals surface area contributed by atoms with Crippen molar-refractivity contribution in [3.05, 3.63) is 182 Å². The molecule has 684 valence electrons. The fraction of sp³-hybridized carbons (Fsp3) is 0.550. The number of hydrogen-bond acceptors (Lipinski definition) is 6. The average molecular weight is 1710 g/mol. The fourth-order valence-electron chi connectivity index (χ4n) is 18.6. The first kappa shape index (κ1) is 99.9. The Morgan fingerprint density at radius 3 is 0.341 bits per heavy atom. The molecule has 0 radical (unpaired) electrons.